The third-order valence-electron chi connectivity index (χ3n) is 2.37. The molecule has 0 aliphatic carbocycles. The molecule has 0 aliphatic rings. The van der Waals surface area contributed by atoms with Gasteiger partial charge in [0.15, 0.2) is 0 Å². The van der Waals surface area contributed by atoms with Crippen molar-refractivity contribution in [3.8, 4) is 10.6 Å². The van der Waals surface area contributed by atoms with Crippen molar-refractivity contribution in [2.45, 2.75) is 18.5 Å². The molecule has 1 heterocycles. The van der Waals surface area contributed by atoms with E-state index in [1.165, 1.54) is 23.5 Å². The summed E-state index contributed by atoms with van der Waals surface area (Å²) < 4.78 is 37.2. The van der Waals surface area contributed by atoms with Crippen molar-refractivity contribution in [1.29, 1.82) is 0 Å². The molecule has 0 amide bonds. The van der Waals surface area contributed by atoms with Gasteiger partial charge in [0.2, 0.25) is 0 Å². The standard InChI is InChI=1S/C12H9ClF3NS/c1-7(13)10-6-17-11(18-10)8-2-4-9(5-3-8)12(14,15)16/h2-7H,1H3/t7-/m1/s1. The average Bonchev–Trinajstić information content (AvgIpc) is 2.77. The van der Waals surface area contributed by atoms with Crippen LogP contribution in [0.15, 0.2) is 30.5 Å². The first-order chi connectivity index (χ1) is 8.38. The highest BCUT2D eigenvalue weighted by Crippen LogP contribution is 2.34. The van der Waals surface area contributed by atoms with Crippen LogP contribution >= 0.6 is 22.9 Å². The number of nitrogens with zero attached hydrogens (tertiary/aromatic N) is 1. The van der Waals surface area contributed by atoms with E-state index in [4.69, 9.17) is 11.6 Å². The predicted octanol–water partition coefficient (Wildman–Crippen LogP) is 5.13. The quantitative estimate of drug-likeness (QED) is 0.699. The summed E-state index contributed by atoms with van der Waals surface area (Å²) in [7, 11) is 0. The van der Waals surface area contributed by atoms with Crippen LogP contribution < -0.4 is 0 Å². The number of halogens is 4. The van der Waals surface area contributed by atoms with E-state index in [9.17, 15) is 13.2 Å². The number of aromatic nitrogens is 1. The summed E-state index contributed by atoms with van der Waals surface area (Å²) in [5.41, 5.74) is 0.00491. The molecule has 1 nitrogen and oxygen atoms in total. The lowest BCUT2D eigenvalue weighted by Gasteiger charge is -2.06. The summed E-state index contributed by atoms with van der Waals surface area (Å²) >= 11 is 7.29. The van der Waals surface area contributed by atoms with Crippen LogP contribution in [0, 0.1) is 0 Å². The van der Waals surface area contributed by atoms with Gasteiger partial charge in [-0.25, -0.2) is 4.98 Å². The minimum absolute atomic E-state index is 0.148. The minimum Gasteiger partial charge on any atom is -0.244 e. The zero-order valence-electron chi connectivity index (χ0n) is 9.33. The summed E-state index contributed by atoms with van der Waals surface area (Å²) in [5.74, 6) is 0. The molecule has 6 heteroatoms. The fourth-order valence-corrected chi connectivity index (χ4v) is 2.45. The van der Waals surface area contributed by atoms with Crippen LogP contribution in [0.5, 0.6) is 0 Å². The third kappa shape index (κ3) is 2.84. The minimum atomic E-state index is -4.31. The lowest BCUT2D eigenvalue weighted by molar-refractivity contribution is -0.137. The molecule has 0 unspecified atom stereocenters. The van der Waals surface area contributed by atoms with Crippen molar-refractivity contribution in [2.75, 3.05) is 0 Å². The SMILES string of the molecule is C[C@@H](Cl)c1cnc(-c2ccc(C(F)(F)F)cc2)s1. The summed E-state index contributed by atoms with van der Waals surface area (Å²) in [6.45, 7) is 1.82. The highest BCUT2D eigenvalue weighted by atomic mass is 35.5. The predicted molar refractivity (Wildman–Crippen MR) is 66.8 cm³/mol. The van der Waals surface area contributed by atoms with Gasteiger partial charge in [-0.2, -0.15) is 13.2 Å². The monoisotopic (exact) mass is 291 g/mol. The molecule has 2 aromatic rings. The molecule has 0 N–H and O–H groups in total. The van der Waals surface area contributed by atoms with E-state index in [1.54, 1.807) is 6.20 Å². The molecule has 18 heavy (non-hydrogen) atoms. The maximum Gasteiger partial charge on any atom is 0.416 e. The first-order valence-corrected chi connectivity index (χ1v) is 6.40. The van der Waals surface area contributed by atoms with Crippen LogP contribution in [0.1, 0.15) is 22.7 Å². The third-order valence-corrected chi connectivity index (χ3v) is 3.97. The molecule has 0 aliphatic heterocycles. The fourth-order valence-electron chi connectivity index (χ4n) is 1.41. The van der Waals surface area contributed by atoms with E-state index in [2.05, 4.69) is 4.98 Å². The zero-order valence-corrected chi connectivity index (χ0v) is 10.9. The normalized spacial score (nSPS) is 13.6. The number of hydrogen-bond donors (Lipinski definition) is 0. The lowest BCUT2D eigenvalue weighted by atomic mass is 10.1. The highest BCUT2D eigenvalue weighted by Gasteiger charge is 2.30. The van der Waals surface area contributed by atoms with Crippen LogP contribution in [-0.4, -0.2) is 4.98 Å². The number of alkyl halides is 4. The molecule has 0 bridgehead atoms. The molecular weight excluding hydrogens is 283 g/mol. The van der Waals surface area contributed by atoms with Gasteiger partial charge in [0.1, 0.15) is 5.01 Å². The largest absolute Gasteiger partial charge is 0.416 e. The van der Waals surface area contributed by atoms with Gasteiger partial charge >= 0.3 is 6.18 Å². The molecule has 0 saturated heterocycles. The molecule has 2 rings (SSSR count). The summed E-state index contributed by atoms with van der Waals surface area (Å²) in [5, 5.41) is 0.525. The summed E-state index contributed by atoms with van der Waals surface area (Å²) in [6.07, 6.45) is -2.66. The molecular formula is C12H9ClF3NS. The first kappa shape index (κ1) is 13.4. The Labute approximate surface area is 111 Å². The Balaban J connectivity index is 2.29. The molecule has 0 spiro atoms. The van der Waals surface area contributed by atoms with E-state index < -0.39 is 11.7 Å². The van der Waals surface area contributed by atoms with Gasteiger partial charge in [-0.1, -0.05) is 12.1 Å². The fraction of sp³-hybridized carbons (Fsp3) is 0.250. The topological polar surface area (TPSA) is 12.9 Å². The maximum absolute atomic E-state index is 12.4. The van der Waals surface area contributed by atoms with Gasteiger partial charge in [-0.3, -0.25) is 0 Å². The van der Waals surface area contributed by atoms with Gasteiger partial charge in [0.05, 0.1) is 10.9 Å². The van der Waals surface area contributed by atoms with Crippen LogP contribution in [0.25, 0.3) is 10.6 Å². The van der Waals surface area contributed by atoms with Gasteiger partial charge in [0, 0.05) is 16.6 Å². The van der Waals surface area contributed by atoms with Crippen LogP contribution in [0.3, 0.4) is 0 Å². The Morgan fingerprint density at radius 2 is 1.83 bits per heavy atom. The van der Waals surface area contributed by atoms with E-state index in [1.807, 2.05) is 6.92 Å². The van der Waals surface area contributed by atoms with Crippen molar-refractivity contribution >= 4 is 22.9 Å². The smallest absolute Gasteiger partial charge is 0.244 e. The Hall–Kier alpha value is -1.07. The number of hydrogen-bond acceptors (Lipinski definition) is 2. The lowest BCUT2D eigenvalue weighted by Crippen LogP contribution is -2.03. The molecule has 0 radical (unpaired) electrons. The molecule has 0 fully saturated rings. The van der Waals surface area contributed by atoms with Crippen molar-refractivity contribution < 1.29 is 13.2 Å². The Morgan fingerprint density at radius 3 is 2.28 bits per heavy atom. The maximum atomic E-state index is 12.4. The number of thiazole rings is 1. The van der Waals surface area contributed by atoms with Crippen molar-refractivity contribution in [2.24, 2.45) is 0 Å². The zero-order chi connectivity index (χ0) is 13.3. The van der Waals surface area contributed by atoms with Gasteiger partial charge in [-0.05, 0) is 19.1 Å². The van der Waals surface area contributed by atoms with Crippen LogP contribution in [0.2, 0.25) is 0 Å². The molecule has 96 valence electrons. The van der Waals surface area contributed by atoms with E-state index >= 15 is 0 Å². The Kier molecular flexibility index (Phi) is 3.64. The van der Waals surface area contributed by atoms with Crippen LogP contribution in [0.4, 0.5) is 13.2 Å². The van der Waals surface area contributed by atoms with Crippen LogP contribution in [-0.2, 0) is 6.18 Å². The Bertz CT molecular complexity index is 531. The molecule has 0 saturated carbocycles. The van der Waals surface area contributed by atoms with Gasteiger partial charge in [-0.15, -0.1) is 22.9 Å². The van der Waals surface area contributed by atoms with Crippen molar-refractivity contribution in [1.82, 2.24) is 4.98 Å². The average molecular weight is 292 g/mol. The summed E-state index contributed by atoms with van der Waals surface area (Å²) in [4.78, 5) is 5.05. The molecule has 1 aromatic heterocycles. The second-order valence-electron chi connectivity index (χ2n) is 3.76. The Morgan fingerprint density at radius 1 is 1.22 bits per heavy atom. The van der Waals surface area contributed by atoms with Crippen molar-refractivity contribution in [3.05, 3.63) is 40.9 Å². The molecule has 1 aromatic carbocycles. The van der Waals surface area contributed by atoms with E-state index in [0.29, 0.717) is 10.6 Å². The number of rotatable bonds is 2. The first-order valence-electron chi connectivity index (χ1n) is 5.15. The second-order valence-corrected chi connectivity index (χ2v) is 5.48. The van der Waals surface area contributed by atoms with Crippen molar-refractivity contribution in [3.63, 3.8) is 0 Å². The molecule has 1 atom stereocenters. The van der Waals surface area contributed by atoms with Gasteiger partial charge < -0.3 is 0 Å². The second kappa shape index (κ2) is 4.90. The van der Waals surface area contributed by atoms with E-state index in [0.717, 1.165) is 17.0 Å². The van der Waals surface area contributed by atoms with Gasteiger partial charge in [0.25, 0.3) is 0 Å². The highest BCUT2D eigenvalue weighted by molar-refractivity contribution is 7.15. The number of benzene rings is 1. The van der Waals surface area contributed by atoms with E-state index in [-0.39, 0.29) is 5.38 Å². The summed E-state index contributed by atoms with van der Waals surface area (Å²) in [6, 6.07) is 4.95.